The van der Waals surface area contributed by atoms with E-state index in [1.807, 2.05) is 0 Å². The van der Waals surface area contributed by atoms with Gasteiger partial charge in [0.2, 0.25) is 0 Å². The van der Waals surface area contributed by atoms with Gasteiger partial charge < -0.3 is 10.0 Å². The number of unbranched alkanes of at least 4 members (excludes halogenated alkanes) is 1. The number of allylic oxidation sites excluding steroid dienone is 4. The Hall–Kier alpha value is -1.09. The fraction of sp³-hybridized carbons (Fsp3) is 0.737. The molecule has 0 fully saturated rings. The van der Waals surface area contributed by atoms with E-state index in [0.29, 0.717) is 6.42 Å². The first-order valence-corrected chi connectivity index (χ1v) is 8.75. The molecule has 0 saturated heterocycles. The van der Waals surface area contributed by atoms with E-state index in [9.17, 15) is 4.79 Å². The van der Waals surface area contributed by atoms with Gasteiger partial charge in [0.05, 0.1) is 0 Å². The monoisotopic (exact) mass is 309 g/mol. The molecular formula is C19H35NO2. The van der Waals surface area contributed by atoms with Crippen molar-refractivity contribution in [1.82, 2.24) is 4.90 Å². The Morgan fingerprint density at radius 3 is 2.00 bits per heavy atom. The van der Waals surface area contributed by atoms with Crippen LogP contribution in [0.3, 0.4) is 0 Å². The van der Waals surface area contributed by atoms with Crippen LogP contribution in [0.15, 0.2) is 23.3 Å². The molecule has 0 spiro atoms. The number of hydrogen-bond acceptors (Lipinski definition) is 2. The van der Waals surface area contributed by atoms with Crippen molar-refractivity contribution >= 4 is 5.97 Å². The molecule has 0 aromatic carbocycles. The fourth-order valence-electron chi connectivity index (χ4n) is 2.47. The first-order chi connectivity index (χ1) is 10.5. The summed E-state index contributed by atoms with van der Waals surface area (Å²) in [6, 6.07) is 0. The highest BCUT2D eigenvalue weighted by Gasteiger charge is 1.99. The maximum absolute atomic E-state index is 10.4. The van der Waals surface area contributed by atoms with Crippen molar-refractivity contribution in [2.45, 2.75) is 72.6 Å². The SMILES string of the molecule is CCN(CC)CCCC/C(C)=C/CC/C(C)=C/CCC(=O)O. The van der Waals surface area contributed by atoms with Crippen LogP contribution >= 0.6 is 0 Å². The second-order valence-corrected chi connectivity index (χ2v) is 6.06. The van der Waals surface area contributed by atoms with Gasteiger partial charge in [0, 0.05) is 6.42 Å². The fourth-order valence-corrected chi connectivity index (χ4v) is 2.47. The third kappa shape index (κ3) is 12.6. The maximum Gasteiger partial charge on any atom is 0.303 e. The zero-order chi connectivity index (χ0) is 16.8. The van der Waals surface area contributed by atoms with Gasteiger partial charge >= 0.3 is 5.97 Å². The lowest BCUT2D eigenvalue weighted by Crippen LogP contribution is -2.23. The van der Waals surface area contributed by atoms with E-state index in [1.165, 1.54) is 37.0 Å². The summed E-state index contributed by atoms with van der Waals surface area (Å²) in [5.41, 5.74) is 2.78. The van der Waals surface area contributed by atoms with Crippen LogP contribution in [0.5, 0.6) is 0 Å². The van der Waals surface area contributed by atoms with Gasteiger partial charge in [0.1, 0.15) is 0 Å². The molecule has 0 atom stereocenters. The number of carbonyl (C=O) groups is 1. The van der Waals surface area contributed by atoms with Gasteiger partial charge in [-0.15, -0.1) is 0 Å². The third-order valence-electron chi connectivity index (χ3n) is 4.07. The molecule has 0 aliphatic carbocycles. The van der Waals surface area contributed by atoms with Crippen LogP contribution in [0.1, 0.15) is 72.6 Å². The maximum atomic E-state index is 10.4. The van der Waals surface area contributed by atoms with Crippen LogP contribution in [-0.2, 0) is 4.79 Å². The highest BCUT2D eigenvalue weighted by atomic mass is 16.4. The van der Waals surface area contributed by atoms with Gasteiger partial charge in [-0.2, -0.15) is 0 Å². The number of carboxylic acid groups (broad SMARTS) is 1. The predicted molar refractivity (Wildman–Crippen MR) is 95.3 cm³/mol. The molecule has 0 unspecified atom stereocenters. The van der Waals surface area contributed by atoms with Gasteiger partial charge in [-0.25, -0.2) is 0 Å². The normalized spacial score (nSPS) is 13.0. The number of nitrogens with zero attached hydrogens (tertiary/aromatic N) is 1. The van der Waals surface area contributed by atoms with Gasteiger partial charge in [0.25, 0.3) is 0 Å². The summed E-state index contributed by atoms with van der Waals surface area (Å²) in [7, 11) is 0. The first kappa shape index (κ1) is 20.9. The van der Waals surface area contributed by atoms with Crippen molar-refractivity contribution in [2.24, 2.45) is 0 Å². The van der Waals surface area contributed by atoms with E-state index in [4.69, 9.17) is 5.11 Å². The Labute approximate surface area is 137 Å². The van der Waals surface area contributed by atoms with E-state index < -0.39 is 5.97 Å². The Morgan fingerprint density at radius 2 is 1.45 bits per heavy atom. The Kier molecular flexibility index (Phi) is 12.9. The molecule has 0 bridgehead atoms. The molecule has 0 rings (SSSR count). The quantitative estimate of drug-likeness (QED) is 0.383. The van der Waals surface area contributed by atoms with Crippen molar-refractivity contribution in [3.8, 4) is 0 Å². The molecule has 0 radical (unpaired) electrons. The summed E-state index contributed by atoms with van der Waals surface area (Å²) in [6.45, 7) is 12.3. The van der Waals surface area contributed by atoms with Crippen molar-refractivity contribution in [3.63, 3.8) is 0 Å². The minimum absolute atomic E-state index is 0.235. The highest BCUT2D eigenvalue weighted by Crippen LogP contribution is 2.12. The number of aliphatic carboxylic acids is 1. The summed E-state index contributed by atoms with van der Waals surface area (Å²) >= 11 is 0. The van der Waals surface area contributed by atoms with Gasteiger partial charge in [-0.05, 0) is 72.0 Å². The molecule has 0 amide bonds. The van der Waals surface area contributed by atoms with Crippen molar-refractivity contribution in [2.75, 3.05) is 19.6 Å². The lowest BCUT2D eigenvalue weighted by molar-refractivity contribution is -0.136. The Morgan fingerprint density at radius 1 is 0.909 bits per heavy atom. The number of hydrogen-bond donors (Lipinski definition) is 1. The van der Waals surface area contributed by atoms with Crippen molar-refractivity contribution in [3.05, 3.63) is 23.3 Å². The van der Waals surface area contributed by atoms with Crippen LogP contribution in [0.2, 0.25) is 0 Å². The minimum Gasteiger partial charge on any atom is -0.481 e. The van der Waals surface area contributed by atoms with Crippen LogP contribution in [0.4, 0.5) is 0 Å². The molecule has 0 aliphatic heterocycles. The Bertz CT molecular complexity index is 354. The molecule has 22 heavy (non-hydrogen) atoms. The summed E-state index contributed by atoms with van der Waals surface area (Å²) in [5.74, 6) is -0.718. The largest absolute Gasteiger partial charge is 0.481 e. The van der Waals surface area contributed by atoms with Crippen LogP contribution < -0.4 is 0 Å². The first-order valence-electron chi connectivity index (χ1n) is 8.75. The van der Waals surface area contributed by atoms with Gasteiger partial charge in [0.15, 0.2) is 0 Å². The Balaban J connectivity index is 3.77. The van der Waals surface area contributed by atoms with E-state index in [1.54, 1.807) is 0 Å². The summed E-state index contributed by atoms with van der Waals surface area (Å²) in [4.78, 5) is 12.9. The molecular weight excluding hydrogens is 274 g/mol. The van der Waals surface area contributed by atoms with E-state index in [2.05, 4.69) is 44.7 Å². The molecule has 0 heterocycles. The predicted octanol–water partition coefficient (Wildman–Crippen LogP) is 5.04. The van der Waals surface area contributed by atoms with E-state index in [-0.39, 0.29) is 6.42 Å². The second-order valence-electron chi connectivity index (χ2n) is 6.06. The lowest BCUT2D eigenvalue weighted by Gasteiger charge is -2.17. The van der Waals surface area contributed by atoms with Gasteiger partial charge in [-0.3, -0.25) is 4.79 Å². The van der Waals surface area contributed by atoms with Crippen LogP contribution in [-0.4, -0.2) is 35.6 Å². The topological polar surface area (TPSA) is 40.5 Å². The zero-order valence-corrected chi connectivity index (χ0v) is 15.0. The third-order valence-corrected chi connectivity index (χ3v) is 4.07. The van der Waals surface area contributed by atoms with Crippen molar-refractivity contribution < 1.29 is 9.90 Å². The lowest BCUT2D eigenvalue weighted by atomic mass is 10.1. The highest BCUT2D eigenvalue weighted by molar-refractivity contribution is 5.66. The van der Waals surface area contributed by atoms with Crippen molar-refractivity contribution in [1.29, 1.82) is 0 Å². The average molecular weight is 309 g/mol. The molecule has 128 valence electrons. The molecule has 3 heteroatoms. The molecule has 1 N–H and O–H groups in total. The standard InChI is InChI=1S/C19H35NO2/c1-5-20(6-2)16-8-7-11-17(3)12-9-13-18(4)14-10-15-19(21)22/h12,14H,5-11,13,15-16H2,1-4H3,(H,21,22)/b17-12+,18-14+. The molecule has 0 aromatic heterocycles. The van der Waals surface area contributed by atoms with Crippen LogP contribution in [0, 0.1) is 0 Å². The van der Waals surface area contributed by atoms with E-state index >= 15 is 0 Å². The molecule has 3 nitrogen and oxygen atoms in total. The number of carboxylic acids is 1. The second kappa shape index (κ2) is 13.6. The van der Waals surface area contributed by atoms with Gasteiger partial charge in [-0.1, -0.05) is 37.1 Å². The molecule has 0 aromatic rings. The molecule has 0 aliphatic rings. The summed E-state index contributed by atoms with van der Waals surface area (Å²) in [5, 5.41) is 8.60. The summed E-state index contributed by atoms with van der Waals surface area (Å²) < 4.78 is 0. The number of rotatable bonds is 13. The summed E-state index contributed by atoms with van der Waals surface area (Å²) in [6.07, 6.45) is 11.1. The molecule has 0 saturated carbocycles. The average Bonchev–Trinajstić information content (AvgIpc) is 2.47. The zero-order valence-electron chi connectivity index (χ0n) is 15.0. The van der Waals surface area contributed by atoms with E-state index in [0.717, 1.165) is 25.9 Å². The minimum atomic E-state index is -0.718. The smallest absolute Gasteiger partial charge is 0.303 e. The van der Waals surface area contributed by atoms with Crippen LogP contribution in [0.25, 0.3) is 0 Å².